The number of likely N-dealkylation sites (N-methyl/N-ethyl adjacent to an activating group) is 1. The predicted molar refractivity (Wildman–Crippen MR) is 99.2 cm³/mol. The lowest BCUT2D eigenvalue weighted by atomic mass is 10.1. The highest BCUT2D eigenvalue weighted by atomic mass is 16.8. The normalized spacial score (nSPS) is 28.1. The zero-order valence-electron chi connectivity index (χ0n) is 16.1. The first-order chi connectivity index (χ1) is 13.4. The second kappa shape index (κ2) is 6.70. The van der Waals surface area contributed by atoms with Gasteiger partial charge in [-0.2, -0.15) is 0 Å². The molecule has 2 fully saturated rings. The summed E-state index contributed by atoms with van der Waals surface area (Å²) in [5, 5.41) is 5.75. The molecular weight excluding hydrogens is 364 g/mol. The third kappa shape index (κ3) is 2.88. The van der Waals surface area contributed by atoms with Crippen molar-refractivity contribution in [3.05, 3.63) is 12.2 Å². The molecule has 4 atom stereocenters. The number of imidazole rings is 1. The van der Waals surface area contributed by atoms with Gasteiger partial charge in [0.15, 0.2) is 35.1 Å². The van der Waals surface area contributed by atoms with Crippen molar-refractivity contribution in [2.24, 2.45) is 0 Å². The summed E-state index contributed by atoms with van der Waals surface area (Å²) in [6.45, 7) is 6.21. The van der Waals surface area contributed by atoms with Crippen LogP contribution in [-0.2, 0) is 19.0 Å². The molecule has 2 aromatic rings. The molecule has 2 saturated heterocycles. The smallest absolute Gasteiger partial charge is 0.251 e. The summed E-state index contributed by atoms with van der Waals surface area (Å²) in [4.78, 5) is 25.5. The number of hydrogen-bond donors (Lipinski definition) is 2. The Kier molecular flexibility index (Phi) is 4.45. The molecule has 2 aromatic heterocycles. The van der Waals surface area contributed by atoms with E-state index in [0.29, 0.717) is 23.5 Å². The Morgan fingerprint density at radius 1 is 1.36 bits per heavy atom. The molecule has 4 rings (SSSR count). The molecule has 10 heteroatoms. The topological polar surface area (TPSA) is 112 Å². The number of carbonyl (C=O) groups excluding carboxylic acids is 1. The first-order valence-corrected chi connectivity index (χ1v) is 9.06. The Bertz CT molecular complexity index is 965. The van der Waals surface area contributed by atoms with Gasteiger partial charge in [-0.25, -0.2) is 15.0 Å². The SMILES string of the molecule is C#Cc1nc(NCC)c2ncn([C@@H]3O[C@H](C(=O)NC)[C@H]4OC(C)(C)O[C@H]43)c2n1. The summed E-state index contributed by atoms with van der Waals surface area (Å²) in [6, 6.07) is 0. The van der Waals surface area contributed by atoms with Crippen LogP contribution < -0.4 is 10.6 Å². The lowest BCUT2D eigenvalue weighted by molar-refractivity contribution is -0.197. The molecule has 28 heavy (non-hydrogen) atoms. The maximum absolute atomic E-state index is 12.3. The van der Waals surface area contributed by atoms with Crippen molar-refractivity contribution in [3.63, 3.8) is 0 Å². The summed E-state index contributed by atoms with van der Waals surface area (Å²) < 4.78 is 19.7. The number of amides is 1. The molecule has 10 nitrogen and oxygen atoms in total. The van der Waals surface area contributed by atoms with Gasteiger partial charge in [0, 0.05) is 13.6 Å². The number of fused-ring (bicyclic) bond motifs is 2. The maximum Gasteiger partial charge on any atom is 0.251 e. The van der Waals surface area contributed by atoms with E-state index in [1.165, 1.54) is 0 Å². The van der Waals surface area contributed by atoms with Crippen LogP contribution in [0.2, 0.25) is 0 Å². The van der Waals surface area contributed by atoms with Crippen molar-refractivity contribution >= 4 is 22.9 Å². The number of rotatable bonds is 4. The number of nitrogens with zero attached hydrogens (tertiary/aromatic N) is 4. The van der Waals surface area contributed by atoms with E-state index < -0.39 is 30.3 Å². The van der Waals surface area contributed by atoms with E-state index in [9.17, 15) is 4.79 Å². The van der Waals surface area contributed by atoms with Crippen LogP contribution in [-0.4, -0.2) is 63.1 Å². The zero-order chi connectivity index (χ0) is 20.1. The molecule has 0 aliphatic carbocycles. The molecular formula is C18H22N6O4. The molecule has 1 amide bonds. The van der Waals surface area contributed by atoms with Crippen LogP contribution in [0.5, 0.6) is 0 Å². The van der Waals surface area contributed by atoms with E-state index in [0.717, 1.165) is 0 Å². The van der Waals surface area contributed by atoms with Gasteiger partial charge >= 0.3 is 0 Å². The molecule has 2 aliphatic heterocycles. The van der Waals surface area contributed by atoms with E-state index >= 15 is 0 Å². The number of aromatic nitrogens is 4. The summed E-state index contributed by atoms with van der Waals surface area (Å²) in [6.07, 6.45) is 4.56. The van der Waals surface area contributed by atoms with Crippen molar-refractivity contribution in [3.8, 4) is 12.3 Å². The zero-order valence-corrected chi connectivity index (χ0v) is 16.1. The molecule has 2 aliphatic rings. The van der Waals surface area contributed by atoms with E-state index in [1.807, 2.05) is 6.92 Å². The number of hydrogen-bond acceptors (Lipinski definition) is 8. The maximum atomic E-state index is 12.3. The van der Waals surface area contributed by atoms with Gasteiger partial charge in [0.2, 0.25) is 5.82 Å². The standard InChI is InChI=1S/C18H22N6O4/c1-6-9-22-14(20-7-2)10-15(23-9)24(8-21-10)17-13-11(27-18(3,4)28-13)12(26-17)16(25)19-5/h1,8,11-13,17H,7H2,2-5H3,(H,19,25)(H,20,22,23)/t11-,12+,13-,17-/m1/s1. The first kappa shape index (κ1) is 18.6. The Labute approximate surface area is 162 Å². The van der Waals surface area contributed by atoms with Gasteiger partial charge < -0.3 is 24.8 Å². The van der Waals surface area contributed by atoms with Gasteiger partial charge in [-0.3, -0.25) is 9.36 Å². The van der Waals surface area contributed by atoms with Crippen molar-refractivity contribution in [1.82, 2.24) is 24.8 Å². The third-order valence-electron chi connectivity index (χ3n) is 4.70. The number of anilines is 1. The van der Waals surface area contributed by atoms with Gasteiger partial charge in [-0.1, -0.05) is 0 Å². The molecule has 0 unspecified atom stereocenters. The summed E-state index contributed by atoms with van der Waals surface area (Å²) >= 11 is 0. The minimum atomic E-state index is -0.839. The number of ether oxygens (including phenoxy) is 3. The number of carbonyl (C=O) groups is 1. The molecule has 0 aromatic carbocycles. The summed E-state index contributed by atoms with van der Waals surface area (Å²) in [7, 11) is 1.55. The molecule has 4 heterocycles. The van der Waals surface area contributed by atoms with Gasteiger partial charge in [0.05, 0.1) is 6.33 Å². The Morgan fingerprint density at radius 2 is 2.11 bits per heavy atom. The third-order valence-corrected chi connectivity index (χ3v) is 4.70. The van der Waals surface area contributed by atoms with Crippen LogP contribution in [0.1, 0.15) is 32.8 Å². The number of terminal acetylenes is 1. The molecule has 0 radical (unpaired) electrons. The molecule has 148 valence electrons. The lowest BCUT2D eigenvalue weighted by Crippen LogP contribution is -2.41. The van der Waals surface area contributed by atoms with Gasteiger partial charge in [-0.15, -0.1) is 6.42 Å². The van der Waals surface area contributed by atoms with E-state index in [1.54, 1.807) is 31.8 Å². The molecule has 0 spiro atoms. The highest BCUT2D eigenvalue weighted by Crippen LogP contribution is 2.43. The van der Waals surface area contributed by atoms with Crippen molar-refractivity contribution in [1.29, 1.82) is 0 Å². The fraction of sp³-hybridized carbons (Fsp3) is 0.556. The number of nitrogens with one attached hydrogen (secondary N) is 2. The van der Waals surface area contributed by atoms with Crippen LogP contribution in [0.4, 0.5) is 5.82 Å². The van der Waals surface area contributed by atoms with E-state index in [-0.39, 0.29) is 11.7 Å². The minimum Gasteiger partial charge on any atom is -0.368 e. The average Bonchev–Trinajstić information content (AvgIpc) is 3.31. The van der Waals surface area contributed by atoms with Crippen LogP contribution in [0.3, 0.4) is 0 Å². The van der Waals surface area contributed by atoms with Crippen LogP contribution in [0, 0.1) is 12.3 Å². The predicted octanol–water partition coefficient (Wildman–Crippen LogP) is 0.403. The largest absolute Gasteiger partial charge is 0.368 e. The highest BCUT2D eigenvalue weighted by Gasteiger charge is 2.58. The van der Waals surface area contributed by atoms with E-state index in [2.05, 4.69) is 31.5 Å². The first-order valence-electron chi connectivity index (χ1n) is 9.06. The van der Waals surface area contributed by atoms with Crippen LogP contribution in [0.25, 0.3) is 11.2 Å². The van der Waals surface area contributed by atoms with Crippen LogP contribution >= 0.6 is 0 Å². The molecule has 0 saturated carbocycles. The summed E-state index contributed by atoms with van der Waals surface area (Å²) in [5.41, 5.74) is 1.05. The molecule has 2 N–H and O–H groups in total. The van der Waals surface area contributed by atoms with Crippen molar-refractivity contribution < 1.29 is 19.0 Å². The average molecular weight is 386 g/mol. The van der Waals surface area contributed by atoms with Crippen LogP contribution in [0.15, 0.2) is 6.33 Å². The van der Waals surface area contributed by atoms with Crippen molar-refractivity contribution in [2.75, 3.05) is 18.9 Å². The van der Waals surface area contributed by atoms with Crippen molar-refractivity contribution in [2.45, 2.75) is 51.1 Å². The Hall–Kier alpha value is -2.74. The summed E-state index contributed by atoms with van der Waals surface area (Å²) in [5.74, 6) is 2.11. The minimum absolute atomic E-state index is 0.228. The molecule has 0 bridgehead atoms. The fourth-order valence-electron chi connectivity index (χ4n) is 3.61. The van der Waals surface area contributed by atoms with Gasteiger partial charge in [-0.05, 0) is 26.7 Å². The second-order valence-electron chi connectivity index (χ2n) is 7.02. The van der Waals surface area contributed by atoms with Gasteiger partial charge in [0.25, 0.3) is 5.91 Å². The Morgan fingerprint density at radius 3 is 2.79 bits per heavy atom. The quantitative estimate of drug-likeness (QED) is 0.727. The Balaban J connectivity index is 1.80. The monoisotopic (exact) mass is 386 g/mol. The second-order valence-corrected chi connectivity index (χ2v) is 7.02. The lowest BCUT2D eigenvalue weighted by Gasteiger charge is -2.24. The highest BCUT2D eigenvalue weighted by molar-refractivity contribution is 5.84. The van der Waals surface area contributed by atoms with E-state index in [4.69, 9.17) is 20.6 Å². The fourth-order valence-corrected chi connectivity index (χ4v) is 3.61. The van der Waals surface area contributed by atoms with Gasteiger partial charge in [0.1, 0.15) is 12.2 Å².